The SMILES string of the molecule is Cc1c(C)c2c(c(C)c1OCc1ccccc1)CCC(C)(COc1ccc(C(c3ccccc3)c3ccccc3)cc1)O2. The summed E-state index contributed by atoms with van der Waals surface area (Å²) in [6.45, 7) is 9.64. The van der Waals surface area contributed by atoms with Crippen LogP contribution in [0.25, 0.3) is 0 Å². The third kappa shape index (κ3) is 6.17. The average Bonchev–Trinajstić information content (AvgIpc) is 3.05. The van der Waals surface area contributed by atoms with Crippen LogP contribution in [0.1, 0.15) is 63.8 Å². The summed E-state index contributed by atoms with van der Waals surface area (Å²) in [5.41, 5.74) is 9.26. The Kier molecular flexibility index (Phi) is 8.24. The molecule has 3 nitrogen and oxygen atoms in total. The van der Waals surface area contributed by atoms with E-state index in [2.05, 4.69) is 125 Å². The molecule has 0 N–H and O–H groups in total. The van der Waals surface area contributed by atoms with Crippen LogP contribution >= 0.6 is 0 Å². The summed E-state index contributed by atoms with van der Waals surface area (Å²) in [7, 11) is 0. The number of rotatable bonds is 9. The molecule has 0 radical (unpaired) electrons. The molecule has 1 aliphatic heterocycles. The van der Waals surface area contributed by atoms with Gasteiger partial charge in [0.2, 0.25) is 0 Å². The van der Waals surface area contributed by atoms with Crippen molar-refractivity contribution in [1.29, 1.82) is 0 Å². The topological polar surface area (TPSA) is 27.7 Å². The highest BCUT2D eigenvalue weighted by Gasteiger charge is 2.35. The molecule has 6 rings (SSSR count). The lowest BCUT2D eigenvalue weighted by atomic mass is 9.85. The van der Waals surface area contributed by atoms with E-state index in [0.29, 0.717) is 13.2 Å². The Labute approximate surface area is 256 Å². The van der Waals surface area contributed by atoms with Crippen LogP contribution < -0.4 is 14.2 Å². The Balaban J connectivity index is 1.16. The smallest absolute Gasteiger partial charge is 0.140 e. The van der Waals surface area contributed by atoms with Crippen LogP contribution in [0.5, 0.6) is 17.2 Å². The Morgan fingerprint density at radius 1 is 0.651 bits per heavy atom. The molecule has 0 saturated carbocycles. The quantitative estimate of drug-likeness (QED) is 0.166. The van der Waals surface area contributed by atoms with Gasteiger partial charge in [0.05, 0.1) is 0 Å². The molecule has 0 aliphatic carbocycles. The number of ether oxygens (including phenoxy) is 3. The van der Waals surface area contributed by atoms with E-state index < -0.39 is 5.60 Å². The predicted molar refractivity (Wildman–Crippen MR) is 175 cm³/mol. The second-order valence-electron chi connectivity index (χ2n) is 12.0. The van der Waals surface area contributed by atoms with Crippen molar-refractivity contribution in [3.63, 3.8) is 0 Å². The van der Waals surface area contributed by atoms with Gasteiger partial charge in [-0.25, -0.2) is 0 Å². The highest BCUT2D eigenvalue weighted by atomic mass is 16.5. The van der Waals surface area contributed by atoms with Crippen molar-refractivity contribution in [3.05, 3.63) is 160 Å². The van der Waals surface area contributed by atoms with Crippen LogP contribution in [-0.2, 0) is 13.0 Å². The van der Waals surface area contributed by atoms with Crippen LogP contribution in [0.2, 0.25) is 0 Å². The maximum atomic E-state index is 6.75. The van der Waals surface area contributed by atoms with Gasteiger partial charge in [0, 0.05) is 11.5 Å². The summed E-state index contributed by atoms with van der Waals surface area (Å²) in [6.07, 6.45) is 1.81. The molecule has 1 atom stereocenters. The number of benzene rings is 5. The van der Waals surface area contributed by atoms with Gasteiger partial charge in [-0.1, -0.05) is 103 Å². The maximum Gasteiger partial charge on any atom is 0.140 e. The van der Waals surface area contributed by atoms with E-state index in [1.807, 2.05) is 18.2 Å². The van der Waals surface area contributed by atoms with Gasteiger partial charge >= 0.3 is 0 Å². The first-order valence-electron chi connectivity index (χ1n) is 15.2. The van der Waals surface area contributed by atoms with Crippen molar-refractivity contribution in [3.8, 4) is 17.2 Å². The monoisotopic (exact) mass is 568 g/mol. The molecule has 218 valence electrons. The second-order valence-corrected chi connectivity index (χ2v) is 12.0. The van der Waals surface area contributed by atoms with Crippen LogP contribution in [0, 0.1) is 20.8 Å². The minimum absolute atomic E-state index is 0.170. The van der Waals surface area contributed by atoms with E-state index in [-0.39, 0.29) is 5.92 Å². The van der Waals surface area contributed by atoms with Gasteiger partial charge in [0.15, 0.2) is 0 Å². The fourth-order valence-electron chi connectivity index (χ4n) is 6.19. The highest BCUT2D eigenvalue weighted by molar-refractivity contribution is 5.59. The van der Waals surface area contributed by atoms with Gasteiger partial charge in [-0.3, -0.25) is 0 Å². The summed E-state index contributed by atoms with van der Waals surface area (Å²) in [6, 6.07) is 40.2. The molecular formula is C40H40O3. The molecule has 0 spiro atoms. The molecule has 0 fully saturated rings. The molecule has 43 heavy (non-hydrogen) atoms. The molecule has 0 aromatic heterocycles. The zero-order valence-electron chi connectivity index (χ0n) is 25.6. The Bertz CT molecular complexity index is 1620. The fraction of sp³-hybridized carbons (Fsp3) is 0.250. The molecule has 0 bridgehead atoms. The minimum Gasteiger partial charge on any atom is -0.489 e. The molecule has 1 aliphatic rings. The first-order chi connectivity index (χ1) is 20.9. The molecule has 3 heteroatoms. The highest BCUT2D eigenvalue weighted by Crippen LogP contribution is 2.44. The summed E-state index contributed by atoms with van der Waals surface area (Å²) >= 11 is 0. The molecule has 0 saturated heterocycles. The van der Waals surface area contributed by atoms with E-state index in [9.17, 15) is 0 Å². The predicted octanol–water partition coefficient (Wildman–Crippen LogP) is 9.53. The van der Waals surface area contributed by atoms with E-state index in [0.717, 1.165) is 41.2 Å². The molecule has 5 aromatic carbocycles. The van der Waals surface area contributed by atoms with E-state index in [4.69, 9.17) is 14.2 Å². The molecule has 1 heterocycles. The summed E-state index contributed by atoms with van der Waals surface area (Å²) in [5.74, 6) is 2.99. The average molecular weight is 569 g/mol. The standard InChI is InChI=1S/C40H40O3/c1-28-29(2)39-36(30(3)38(28)41-26-31-14-8-5-9-15-31)24-25-40(4,43-39)27-42-35-22-20-34(21-23-35)37(32-16-10-6-11-17-32)33-18-12-7-13-19-33/h5-23,37H,24-27H2,1-4H3. The van der Waals surface area contributed by atoms with Crippen molar-refractivity contribution in [2.75, 3.05) is 6.61 Å². The second kappa shape index (κ2) is 12.4. The maximum absolute atomic E-state index is 6.75. The summed E-state index contributed by atoms with van der Waals surface area (Å²) in [5, 5.41) is 0. The lowest BCUT2D eigenvalue weighted by molar-refractivity contribution is 0.0166. The summed E-state index contributed by atoms with van der Waals surface area (Å²) < 4.78 is 19.5. The zero-order chi connectivity index (χ0) is 29.8. The third-order valence-corrected chi connectivity index (χ3v) is 8.81. The van der Waals surface area contributed by atoms with Gasteiger partial charge in [0.25, 0.3) is 0 Å². The lowest BCUT2D eigenvalue weighted by Gasteiger charge is -2.38. The normalized spacial score (nSPS) is 15.9. The Morgan fingerprint density at radius 3 is 1.81 bits per heavy atom. The van der Waals surface area contributed by atoms with Crippen molar-refractivity contribution in [1.82, 2.24) is 0 Å². The van der Waals surface area contributed by atoms with E-state index in [1.165, 1.54) is 33.4 Å². The zero-order valence-corrected chi connectivity index (χ0v) is 25.6. The van der Waals surface area contributed by atoms with Gasteiger partial charge in [-0.2, -0.15) is 0 Å². The van der Waals surface area contributed by atoms with Crippen molar-refractivity contribution in [2.24, 2.45) is 0 Å². The van der Waals surface area contributed by atoms with E-state index >= 15 is 0 Å². The molecule has 5 aromatic rings. The largest absolute Gasteiger partial charge is 0.489 e. The number of fused-ring (bicyclic) bond motifs is 1. The fourth-order valence-corrected chi connectivity index (χ4v) is 6.19. The lowest BCUT2D eigenvalue weighted by Crippen LogP contribution is -2.42. The van der Waals surface area contributed by atoms with Crippen LogP contribution in [-0.4, -0.2) is 12.2 Å². The molecular weight excluding hydrogens is 528 g/mol. The Hall–Kier alpha value is -4.50. The van der Waals surface area contributed by atoms with Gasteiger partial charge in [0.1, 0.15) is 36.1 Å². The minimum atomic E-state index is -0.418. The van der Waals surface area contributed by atoms with E-state index in [1.54, 1.807) is 0 Å². The number of hydrogen-bond donors (Lipinski definition) is 0. The third-order valence-electron chi connectivity index (χ3n) is 8.81. The van der Waals surface area contributed by atoms with Gasteiger partial charge in [-0.15, -0.1) is 0 Å². The first kappa shape index (κ1) is 28.6. The summed E-state index contributed by atoms with van der Waals surface area (Å²) in [4.78, 5) is 0. The van der Waals surface area contributed by atoms with Crippen molar-refractivity contribution in [2.45, 2.75) is 58.7 Å². The van der Waals surface area contributed by atoms with Crippen LogP contribution in [0.4, 0.5) is 0 Å². The van der Waals surface area contributed by atoms with Crippen LogP contribution in [0.3, 0.4) is 0 Å². The Morgan fingerprint density at radius 2 is 1.21 bits per heavy atom. The van der Waals surface area contributed by atoms with Crippen molar-refractivity contribution >= 4 is 0 Å². The molecule has 0 amide bonds. The van der Waals surface area contributed by atoms with Crippen molar-refractivity contribution < 1.29 is 14.2 Å². The molecule has 1 unspecified atom stereocenters. The van der Waals surface area contributed by atoms with Crippen LogP contribution in [0.15, 0.2) is 115 Å². The first-order valence-corrected chi connectivity index (χ1v) is 15.2. The van der Waals surface area contributed by atoms with Gasteiger partial charge in [-0.05, 0) is 91.6 Å². The number of hydrogen-bond acceptors (Lipinski definition) is 3. The van der Waals surface area contributed by atoms with Gasteiger partial charge < -0.3 is 14.2 Å².